The van der Waals surface area contributed by atoms with Gasteiger partial charge in [-0.15, -0.1) is 0 Å². The number of nitrogens with zero attached hydrogens (tertiary/aromatic N) is 2. The van der Waals surface area contributed by atoms with E-state index in [9.17, 15) is 4.79 Å². The Morgan fingerprint density at radius 2 is 1.96 bits per heavy atom. The highest BCUT2D eigenvalue weighted by Gasteiger charge is 2.05. The summed E-state index contributed by atoms with van der Waals surface area (Å²) in [5, 5.41) is 7.16. The number of benzene rings is 2. The van der Waals surface area contributed by atoms with Crippen LogP contribution in [0.3, 0.4) is 0 Å². The van der Waals surface area contributed by atoms with Crippen LogP contribution in [-0.4, -0.2) is 21.9 Å². The van der Waals surface area contributed by atoms with E-state index >= 15 is 0 Å². The van der Waals surface area contributed by atoms with Crippen molar-refractivity contribution >= 4 is 23.4 Å². The van der Waals surface area contributed by atoms with E-state index in [4.69, 9.17) is 0 Å². The summed E-state index contributed by atoms with van der Waals surface area (Å²) in [7, 11) is 0. The molecule has 1 heterocycles. The van der Waals surface area contributed by atoms with E-state index < -0.39 is 0 Å². The van der Waals surface area contributed by atoms with Crippen LogP contribution in [0.2, 0.25) is 0 Å². The molecule has 24 heavy (non-hydrogen) atoms. The first-order chi connectivity index (χ1) is 11.7. The maximum absolute atomic E-state index is 12.2. The predicted molar refractivity (Wildman–Crippen MR) is 99.6 cm³/mol. The van der Waals surface area contributed by atoms with Crippen molar-refractivity contribution in [2.75, 3.05) is 11.6 Å². The van der Waals surface area contributed by atoms with Gasteiger partial charge in [0.15, 0.2) is 0 Å². The van der Waals surface area contributed by atoms with E-state index in [-0.39, 0.29) is 5.91 Å². The normalized spacial score (nSPS) is 10.5. The summed E-state index contributed by atoms with van der Waals surface area (Å²) in [6.45, 7) is 0. The number of aromatic nitrogens is 2. The molecular weight excluding hydrogens is 318 g/mol. The van der Waals surface area contributed by atoms with Crippen LogP contribution in [0.4, 0.5) is 5.69 Å². The van der Waals surface area contributed by atoms with Crippen molar-refractivity contribution in [1.29, 1.82) is 0 Å². The molecule has 0 unspecified atom stereocenters. The maximum atomic E-state index is 12.2. The average molecular weight is 337 g/mol. The fraction of sp³-hybridized carbons (Fsp3) is 0.158. The molecule has 1 N–H and O–H groups in total. The topological polar surface area (TPSA) is 46.9 Å². The molecule has 0 saturated heterocycles. The highest BCUT2D eigenvalue weighted by Crippen LogP contribution is 2.16. The number of amides is 1. The lowest BCUT2D eigenvalue weighted by Crippen LogP contribution is -2.14. The Bertz CT molecular complexity index is 798. The van der Waals surface area contributed by atoms with Crippen LogP contribution in [0.5, 0.6) is 0 Å². The molecule has 5 heteroatoms. The lowest BCUT2D eigenvalue weighted by Gasteiger charge is -2.08. The smallest absolute Gasteiger partial charge is 0.228 e. The van der Waals surface area contributed by atoms with E-state index in [1.807, 2.05) is 54.7 Å². The number of hydrogen-bond acceptors (Lipinski definition) is 3. The third kappa shape index (κ3) is 4.26. The van der Waals surface area contributed by atoms with Gasteiger partial charge in [0.1, 0.15) is 0 Å². The molecule has 2 aromatic carbocycles. The van der Waals surface area contributed by atoms with Gasteiger partial charge in [-0.1, -0.05) is 24.3 Å². The molecule has 0 atom stereocenters. The minimum absolute atomic E-state index is 0.0110. The van der Waals surface area contributed by atoms with E-state index in [0.29, 0.717) is 6.42 Å². The van der Waals surface area contributed by atoms with Crippen molar-refractivity contribution in [2.45, 2.75) is 12.2 Å². The zero-order chi connectivity index (χ0) is 16.8. The van der Waals surface area contributed by atoms with E-state index in [1.165, 1.54) is 5.56 Å². The number of thioether (sulfide) groups is 1. The second-order valence-corrected chi connectivity index (χ2v) is 6.34. The van der Waals surface area contributed by atoms with Crippen LogP contribution in [0.1, 0.15) is 11.1 Å². The number of carbonyl (C=O) groups excluding carboxylic acids is 1. The van der Waals surface area contributed by atoms with Gasteiger partial charge in [-0.05, 0) is 47.7 Å². The second kappa shape index (κ2) is 7.84. The van der Waals surface area contributed by atoms with Crippen molar-refractivity contribution in [2.24, 2.45) is 0 Å². The fourth-order valence-corrected chi connectivity index (χ4v) is 3.00. The molecule has 1 aromatic heterocycles. The molecule has 0 fully saturated rings. The van der Waals surface area contributed by atoms with Gasteiger partial charge in [-0.3, -0.25) is 4.79 Å². The van der Waals surface area contributed by atoms with Crippen molar-refractivity contribution in [3.8, 4) is 5.69 Å². The van der Waals surface area contributed by atoms with Gasteiger partial charge < -0.3 is 5.32 Å². The van der Waals surface area contributed by atoms with Crippen molar-refractivity contribution < 1.29 is 4.79 Å². The Morgan fingerprint density at radius 1 is 1.12 bits per heavy atom. The van der Waals surface area contributed by atoms with Gasteiger partial charge in [-0.2, -0.15) is 16.9 Å². The van der Waals surface area contributed by atoms with Crippen LogP contribution >= 0.6 is 11.8 Å². The Balaban J connectivity index is 1.61. The third-order valence-electron chi connectivity index (χ3n) is 3.59. The average Bonchev–Trinajstić information content (AvgIpc) is 3.10. The standard InChI is InChI=1S/C19H19N3OS/c1-24-14-16-4-2-5-17(12-16)21-19(23)13-15-6-8-18(9-7-15)22-11-3-10-20-22/h2-12H,13-14H2,1H3,(H,21,23). The minimum atomic E-state index is -0.0110. The fourth-order valence-electron chi connectivity index (χ4n) is 2.48. The lowest BCUT2D eigenvalue weighted by molar-refractivity contribution is -0.115. The van der Waals surface area contributed by atoms with Gasteiger partial charge in [-0.25, -0.2) is 4.68 Å². The zero-order valence-electron chi connectivity index (χ0n) is 13.5. The number of anilines is 1. The second-order valence-electron chi connectivity index (χ2n) is 5.48. The Morgan fingerprint density at radius 3 is 2.67 bits per heavy atom. The van der Waals surface area contributed by atoms with Crippen LogP contribution in [0, 0.1) is 0 Å². The largest absolute Gasteiger partial charge is 0.326 e. The highest BCUT2D eigenvalue weighted by molar-refractivity contribution is 7.97. The monoisotopic (exact) mass is 337 g/mol. The first-order valence-electron chi connectivity index (χ1n) is 7.71. The molecule has 3 aromatic rings. The zero-order valence-corrected chi connectivity index (χ0v) is 14.3. The van der Waals surface area contributed by atoms with Crippen LogP contribution in [-0.2, 0) is 17.0 Å². The SMILES string of the molecule is CSCc1cccc(NC(=O)Cc2ccc(-n3cccn3)cc2)c1. The molecule has 0 radical (unpaired) electrons. The summed E-state index contributed by atoms with van der Waals surface area (Å²) >= 11 is 1.77. The van der Waals surface area contributed by atoms with Crippen LogP contribution in [0.25, 0.3) is 5.69 Å². The molecule has 0 aliphatic carbocycles. The molecule has 1 amide bonds. The summed E-state index contributed by atoms with van der Waals surface area (Å²) in [6.07, 6.45) is 6.06. The van der Waals surface area contributed by atoms with Crippen molar-refractivity contribution in [1.82, 2.24) is 9.78 Å². The first-order valence-corrected chi connectivity index (χ1v) is 9.10. The summed E-state index contributed by atoms with van der Waals surface area (Å²) in [6, 6.07) is 17.7. The van der Waals surface area contributed by atoms with E-state index in [2.05, 4.69) is 22.7 Å². The van der Waals surface area contributed by atoms with Crippen molar-refractivity contribution in [3.05, 3.63) is 78.1 Å². The van der Waals surface area contributed by atoms with E-state index in [1.54, 1.807) is 22.6 Å². The molecule has 0 bridgehead atoms. The number of hydrogen-bond donors (Lipinski definition) is 1. The molecule has 0 aliphatic rings. The Kier molecular flexibility index (Phi) is 5.33. The molecule has 0 spiro atoms. The molecule has 0 aliphatic heterocycles. The van der Waals surface area contributed by atoms with Gasteiger partial charge in [0, 0.05) is 23.8 Å². The lowest BCUT2D eigenvalue weighted by atomic mass is 10.1. The van der Waals surface area contributed by atoms with Gasteiger partial charge in [0.25, 0.3) is 0 Å². The summed E-state index contributed by atoms with van der Waals surface area (Å²) in [4.78, 5) is 12.2. The van der Waals surface area contributed by atoms with Gasteiger partial charge >= 0.3 is 0 Å². The van der Waals surface area contributed by atoms with E-state index in [0.717, 1.165) is 22.7 Å². The van der Waals surface area contributed by atoms with Crippen LogP contribution < -0.4 is 5.32 Å². The number of carbonyl (C=O) groups is 1. The number of nitrogens with one attached hydrogen (secondary N) is 1. The third-order valence-corrected chi connectivity index (χ3v) is 4.21. The highest BCUT2D eigenvalue weighted by atomic mass is 32.2. The van der Waals surface area contributed by atoms with Crippen LogP contribution in [0.15, 0.2) is 67.0 Å². The Hall–Kier alpha value is -2.53. The number of rotatable bonds is 6. The van der Waals surface area contributed by atoms with Crippen molar-refractivity contribution in [3.63, 3.8) is 0 Å². The first kappa shape index (κ1) is 16.3. The molecule has 3 rings (SSSR count). The molecular formula is C19H19N3OS. The van der Waals surface area contributed by atoms with Gasteiger partial charge in [0.2, 0.25) is 5.91 Å². The molecule has 0 saturated carbocycles. The summed E-state index contributed by atoms with van der Waals surface area (Å²) in [5.41, 5.74) is 4.01. The Labute approximate surface area is 145 Å². The quantitative estimate of drug-likeness (QED) is 0.742. The predicted octanol–water partition coefficient (Wildman–Crippen LogP) is 3.92. The molecule has 4 nitrogen and oxygen atoms in total. The maximum Gasteiger partial charge on any atom is 0.228 e. The molecule has 122 valence electrons. The summed E-state index contributed by atoms with van der Waals surface area (Å²) < 4.78 is 1.79. The summed E-state index contributed by atoms with van der Waals surface area (Å²) in [5.74, 6) is 0.932. The van der Waals surface area contributed by atoms with Gasteiger partial charge in [0.05, 0.1) is 12.1 Å². The minimum Gasteiger partial charge on any atom is -0.326 e.